The van der Waals surface area contributed by atoms with Gasteiger partial charge in [-0.15, -0.1) is 0 Å². The third kappa shape index (κ3) is 5.43. The first-order valence-electron chi connectivity index (χ1n) is 10.6. The van der Waals surface area contributed by atoms with Gasteiger partial charge in [-0.1, -0.05) is 13.8 Å². The number of methoxy groups -OCH3 is 1. The summed E-state index contributed by atoms with van der Waals surface area (Å²) in [5.74, 6) is -0.547. The Balaban J connectivity index is 1.60. The molecule has 0 radical (unpaired) electrons. The highest BCUT2D eigenvalue weighted by atomic mass is 19.1. The lowest BCUT2D eigenvalue weighted by Crippen LogP contribution is -2.57. The van der Waals surface area contributed by atoms with Gasteiger partial charge in [0.1, 0.15) is 17.6 Å². The molecule has 32 heavy (non-hydrogen) atoms. The number of halogens is 1. The average Bonchev–Trinajstić information content (AvgIpc) is 2.82. The summed E-state index contributed by atoms with van der Waals surface area (Å²) in [7, 11) is 1.55. The van der Waals surface area contributed by atoms with Crippen molar-refractivity contribution in [1.29, 1.82) is 0 Å². The molecule has 1 fully saturated rings. The Labute approximate surface area is 187 Å². The molecule has 1 unspecified atom stereocenters. The lowest BCUT2D eigenvalue weighted by Gasteiger charge is -2.37. The molecule has 0 bridgehead atoms. The molecule has 0 aliphatic carbocycles. The molecular weight excluding hydrogens is 413 g/mol. The van der Waals surface area contributed by atoms with Gasteiger partial charge < -0.3 is 19.9 Å². The minimum atomic E-state index is -0.677. The second-order valence-corrected chi connectivity index (χ2v) is 8.05. The van der Waals surface area contributed by atoms with E-state index in [0.29, 0.717) is 43.1 Å². The second-order valence-electron chi connectivity index (χ2n) is 8.05. The number of hydrogen-bond donors (Lipinski definition) is 1. The van der Waals surface area contributed by atoms with E-state index in [1.807, 2.05) is 13.8 Å². The van der Waals surface area contributed by atoms with E-state index in [0.717, 1.165) is 0 Å². The number of hydrogen-bond acceptors (Lipinski definition) is 4. The molecule has 1 heterocycles. The Morgan fingerprint density at radius 1 is 0.875 bits per heavy atom. The standard InChI is InChI=1S/C24H28FN3O4/c1-16(2)21(26-22(29)17-6-10-20(32-3)11-7-17)24(31)28-14-12-27(13-15-28)23(30)18-4-8-19(25)9-5-18/h4-11,16,21H,12-15H2,1-3H3,(H,26,29). The van der Waals surface area contributed by atoms with Crippen molar-refractivity contribution >= 4 is 17.7 Å². The topological polar surface area (TPSA) is 79.0 Å². The summed E-state index contributed by atoms with van der Waals surface area (Å²) in [5, 5.41) is 2.85. The molecule has 170 valence electrons. The van der Waals surface area contributed by atoms with Crippen LogP contribution in [0.25, 0.3) is 0 Å². The molecule has 0 aromatic heterocycles. The zero-order valence-corrected chi connectivity index (χ0v) is 18.5. The quantitative estimate of drug-likeness (QED) is 0.747. The minimum Gasteiger partial charge on any atom is -0.497 e. The third-order valence-corrected chi connectivity index (χ3v) is 5.54. The fraction of sp³-hybridized carbons (Fsp3) is 0.375. The Kier molecular flexibility index (Phi) is 7.45. The summed E-state index contributed by atoms with van der Waals surface area (Å²) in [6, 6.07) is 11.4. The molecule has 1 saturated heterocycles. The molecule has 3 amide bonds. The van der Waals surface area contributed by atoms with Gasteiger partial charge in [-0.05, 0) is 54.4 Å². The molecule has 8 heteroatoms. The second kappa shape index (κ2) is 10.3. The fourth-order valence-corrected chi connectivity index (χ4v) is 3.58. The molecule has 1 N–H and O–H groups in total. The zero-order chi connectivity index (χ0) is 23.3. The van der Waals surface area contributed by atoms with E-state index in [1.54, 1.807) is 41.2 Å². The molecule has 0 saturated carbocycles. The number of ether oxygens (including phenoxy) is 1. The summed E-state index contributed by atoms with van der Waals surface area (Å²) < 4.78 is 18.2. The van der Waals surface area contributed by atoms with Crippen LogP contribution in [-0.4, -0.2) is 66.9 Å². The number of carbonyl (C=O) groups excluding carboxylic acids is 3. The lowest BCUT2D eigenvalue weighted by molar-refractivity contribution is -0.135. The zero-order valence-electron chi connectivity index (χ0n) is 18.5. The highest BCUT2D eigenvalue weighted by Crippen LogP contribution is 2.15. The van der Waals surface area contributed by atoms with Crippen LogP contribution in [0.3, 0.4) is 0 Å². The summed E-state index contributed by atoms with van der Waals surface area (Å²) in [4.78, 5) is 41.7. The van der Waals surface area contributed by atoms with E-state index in [9.17, 15) is 18.8 Å². The van der Waals surface area contributed by atoms with Gasteiger partial charge in [0.2, 0.25) is 5.91 Å². The van der Waals surface area contributed by atoms with E-state index in [1.165, 1.54) is 24.3 Å². The van der Waals surface area contributed by atoms with Gasteiger partial charge in [-0.2, -0.15) is 0 Å². The van der Waals surface area contributed by atoms with Gasteiger partial charge in [0.25, 0.3) is 11.8 Å². The summed E-state index contributed by atoms with van der Waals surface area (Å²) in [5.41, 5.74) is 0.858. The fourth-order valence-electron chi connectivity index (χ4n) is 3.58. The predicted molar refractivity (Wildman–Crippen MR) is 118 cm³/mol. The van der Waals surface area contributed by atoms with Crippen molar-refractivity contribution in [2.75, 3.05) is 33.3 Å². The first kappa shape index (κ1) is 23.2. The van der Waals surface area contributed by atoms with Crippen LogP contribution in [0.15, 0.2) is 48.5 Å². The van der Waals surface area contributed by atoms with Crippen molar-refractivity contribution < 1.29 is 23.5 Å². The van der Waals surface area contributed by atoms with E-state index < -0.39 is 11.9 Å². The van der Waals surface area contributed by atoms with Crippen LogP contribution in [0.2, 0.25) is 0 Å². The molecule has 0 spiro atoms. The van der Waals surface area contributed by atoms with Gasteiger partial charge in [0.05, 0.1) is 7.11 Å². The molecule has 2 aromatic carbocycles. The smallest absolute Gasteiger partial charge is 0.253 e. The number of amides is 3. The SMILES string of the molecule is COc1ccc(C(=O)NC(C(=O)N2CCN(C(=O)c3ccc(F)cc3)CC2)C(C)C)cc1. The Hall–Kier alpha value is -3.42. The van der Waals surface area contributed by atoms with Gasteiger partial charge >= 0.3 is 0 Å². The van der Waals surface area contributed by atoms with Crippen molar-refractivity contribution in [2.45, 2.75) is 19.9 Å². The summed E-state index contributed by atoms with van der Waals surface area (Å²) >= 11 is 0. The minimum absolute atomic E-state index is 0.108. The number of carbonyl (C=O) groups is 3. The summed E-state index contributed by atoms with van der Waals surface area (Å²) in [6.07, 6.45) is 0. The predicted octanol–water partition coefficient (Wildman–Crippen LogP) is 2.57. The number of benzene rings is 2. The molecule has 1 aliphatic heterocycles. The Morgan fingerprint density at radius 3 is 1.94 bits per heavy atom. The highest BCUT2D eigenvalue weighted by Gasteiger charge is 2.32. The van der Waals surface area contributed by atoms with E-state index >= 15 is 0 Å². The lowest BCUT2D eigenvalue weighted by atomic mass is 10.0. The first-order valence-corrected chi connectivity index (χ1v) is 10.6. The van der Waals surface area contributed by atoms with Gasteiger partial charge in [-0.3, -0.25) is 14.4 Å². The Morgan fingerprint density at radius 2 is 1.41 bits per heavy atom. The van der Waals surface area contributed by atoms with Gasteiger partial charge in [0, 0.05) is 37.3 Å². The normalized spacial score (nSPS) is 14.8. The summed E-state index contributed by atoms with van der Waals surface area (Å²) in [6.45, 7) is 5.25. The number of piperazine rings is 1. The van der Waals surface area contributed by atoms with Crippen molar-refractivity contribution in [3.05, 3.63) is 65.5 Å². The van der Waals surface area contributed by atoms with Crippen LogP contribution in [0.4, 0.5) is 4.39 Å². The van der Waals surface area contributed by atoms with Crippen LogP contribution in [0, 0.1) is 11.7 Å². The maximum atomic E-state index is 13.1. The van der Waals surface area contributed by atoms with Gasteiger partial charge in [0.15, 0.2) is 0 Å². The molecule has 3 rings (SSSR count). The molecule has 7 nitrogen and oxygen atoms in total. The number of nitrogens with one attached hydrogen (secondary N) is 1. The van der Waals surface area contributed by atoms with Crippen LogP contribution in [0.5, 0.6) is 5.75 Å². The molecule has 1 atom stereocenters. The number of rotatable bonds is 6. The molecular formula is C24H28FN3O4. The van der Waals surface area contributed by atoms with Crippen molar-refractivity contribution in [3.63, 3.8) is 0 Å². The average molecular weight is 442 g/mol. The van der Waals surface area contributed by atoms with E-state index in [4.69, 9.17) is 4.74 Å². The Bertz CT molecular complexity index is 952. The largest absolute Gasteiger partial charge is 0.497 e. The van der Waals surface area contributed by atoms with Crippen molar-refractivity contribution in [1.82, 2.24) is 15.1 Å². The molecule has 1 aliphatic rings. The maximum Gasteiger partial charge on any atom is 0.253 e. The van der Waals surface area contributed by atoms with Crippen molar-refractivity contribution in [3.8, 4) is 5.75 Å². The van der Waals surface area contributed by atoms with E-state index in [2.05, 4.69) is 5.32 Å². The van der Waals surface area contributed by atoms with Crippen LogP contribution < -0.4 is 10.1 Å². The van der Waals surface area contributed by atoms with Crippen molar-refractivity contribution in [2.24, 2.45) is 5.92 Å². The number of nitrogens with zero attached hydrogens (tertiary/aromatic N) is 2. The van der Waals surface area contributed by atoms with Crippen LogP contribution in [-0.2, 0) is 4.79 Å². The van der Waals surface area contributed by atoms with Crippen LogP contribution >= 0.6 is 0 Å². The van der Waals surface area contributed by atoms with Gasteiger partial charge in [-0.25, -0.2) is 4.39 Å². The van der Waals surface area contributed by atoms with E-state index in [-0.39, 0.29) is 23.6 Å². The third-order valence-electron chi connectivity index (χ3n) is 5.54. The van der Waals surface area contributed by atoms with Crippen LogP contribution in [0.1, 0.15) is 34.6 Å². The first-order chi connectivity index (χ1) is 15.3. The molecule has 2 aromatic rings. The maximum absolute atomic E-state index is 13.1. The monoisotopic (exact) mass is 441 g/mol. The highest BCUT2D eigenvalue weighted by molar-refractivity contribution is 5.98.